The second-order valence-corrected chi connectivity index (χ2v) is 4.64. The molecule has 2 rings (SSSR count). The summed E-state index contributed by atoms with van der Waals surface area (Å²) in [6, 6.07) is 11.2. The molecule has 2 aromatic rings. The van der Waals surface area contributed by atoms with Crippen molar-refractivity contribution < 1.29 is 14.9 Å². The first kappa shape index (κ1) is 14.5. The fourth-order valence-corrected chi connectivity index (χ4v) is 2.08. The van der Waals surface area contributed by atoms with Crippen molar-refractivity contribution in [2.24, 2.45) is 0 Å². The van der Waals surface area contributed by atoms with Gasteiger partial charge in [-0.05, 0) is 37.3 Å². The zero-order valence-electron chi connectivity index (χ0n) is 11.8. The normalized spacial score (nSPS) is 11.5. The smallest absolute Gasteiger partial charge is 0.143 e. The highest BCUT2D eigenvalue weighted by Crippen LogP contribution is 2.33. The maximum absolute atomic E-state index is 9.87. The van der Waals surface area contributed by atoms with E-state index in [1.54, 1.807) is 18.2 Å². The Labute approximate surface area is 123 Å². The summed E-state index contributed by atoms with van der Waals surface area (Å²) < 4.78 is 5.25. The second kappa shape index (κ2) is 6.06. The molecular formula is C16H16N2O3. The van der Waals surface area contributed by atoms with E-state index in [0.29, 0.717) is 22.6 Å². The van der Waals surface area contributed by atoms with Crippen LogP contribution in [-0.2, 0) is 0 Å². The van der Waals surface area contributed by atoms with Crippen LogP contribution in [0.1, 0.15) is 24.1 Å². The zero-order chi connectivity index (χ0) is 15.4. The molecule has 108 valence electrons. The van der Waals surface area contributed by atoms with Crippen LogP contribution in [0.15, 0.2) is 36.4 Å². The molecule has 1 atom stereocenters. The van der Waals surface area contributed by atoms with Gasteiger partial charge in [0.1, 0.15) is 17.2 Å². The Kier molecular flexibility index (Phi) is 4.19. The Morgan fingerprint density at radius 2 is 1.95 bits per heavy atom. The van der Waals surface area contributed by atoms with Crippen molar-refractivity contribution in [3.05, 3.63) is 47.5 Å². The minimum atomic E-state index is -0.251. The van der Waals surface area contributed by atoms with E-state index in [0.717, 1.165) is 0 Å². The van der Waals surface area contributed by atoms with E-state index in [-0.39, 0.29) is 17.5 Å². The molecule has 0 bridgehead atoms. The quantitative estimate of drug-likeness (QED) is 0.751. The van der Waals surface area contributed by atoms with Crippen LogP contribution in [-0.4, -0.2) is 17.3 Å². The number of methoxy groups -OCH3 is 1. The average molecular weight is 284 g/mol. The zero-order valence-corrected chi connectivity index (χ0v) is 11.8. The fourth-order valence-electron chi connectivity index (χ4n) is 2.08. The van der Waals surface area contributed by atoms with Crippen LogP contribution in [0.3, 0.4) is 0 Å². The summed E-state index contributed by atoms with van der Waals surface area (Å²) in [4.78, 5) is 0. The number of ether oxygens (including phenoxy) is 1. The number of phenolic OH excluding ortho intramolecular Hbond substituents is 2. The summed E-state index contributed by atoms with van der Waals surface area (Å²) in [6.45, 7) is 1.85. The molecule has 3 N–H and O–H groups in total. The lowest BCUT2D eigenvalue weighted by atomic mass is 10.1. The van der Waals surface area contributed by atoms with Crippen LogP contribution in [0.4, 0.5) is 5.69 Å². The van der Waals surface area contributed by atoms with Crippen molar-refractivity contribution >= 4 is 5.69 Å². The Morgan fingerprint density at radius 3 is 2.62 bits per heavy atom. The molecule has 0 fully saturated rings. The summed E-state index contributed by atoms with van der Waals surface area (Å²) in [5.41, 5.74) is 1.78. The molecular weight excluding hydrogens is 268 g/mol. The molecule has 0 heterocycles. The maximum Gasteiger partial charge on any atom is 0.143 e. The van der Waals surface area contributed by atoms with E-state index < -0.39 is 0 Å². The van der Waals surface area contributed by atoms with E-state index >= 15 is 0 Å². The number of hydrogen-bond donors (Lipinski definition) is 3. The third kappa shape index (κ3) is 3.18. The Hall–Kier alpha value is -2.87. The van der Waals surface area contributed by atoms with Crippen LogP contribution >= 0.6 is 0 Å². The number of phenols is 2. The number of nitrogens with one attached hydrogen (secondary N) is 1. The van der Waals surface area contributed by atoms with Gasteiger partial charge in [-0.3, -0.25) is 0 Å². The standard InChI is InChI=1S/C16H16N2O3/c1-10(13-8-12(19)4-6-15(13)20)18-14-5-3-11(9-17)7-16(14)21-2/h3-8,10,18-20H,1-2H3. The molecule has 21 heavy (non-hydrogen) atoms. The van der Waals surface area contributed by atoms with Gasteiger partial charge in [0.2, 0.25) is 0 Å². The van der Waals surface area contributed by atoms with Crippen molar-refractivity contribution in [1.29, 1.82) is 5.26 Å². The van der Waals surface area contributed by atoms with Gasteiger partial charge >= 0.3 is 0 Å². The summed E-state index contributed by atoms with van der Waals surface area (Å²) in [5.74, 6) is 0.726. The van der Waals surface area contributed by atoms with Gasteiger partial charge in [-0.2, -0.15) is 5.26 Å². The van der Waals surface area contributed by atoms with Crippen molar-refractivity contribution in [3.63, 3.8) is 0 Å². The number of rotatable bonds is 4. The highest BCUT2D eigenvalue weighted by atomic mass is 16.5. The molecule has 0 aromatic heterocycles. The number of benzene rings is 2. The molecule has 2 aromatic carbocycles. The SMILES string of the molecule is COc1cc(C#N)ccc1NC(C)c1cc(O)ccc1O. The number of anilines is 1. The summed E-state index contributed by atoms with van der Waals surface area (Å²) >= 11 is 0. The summed E-state index contributed by atoms with van der Waals surface area (Å²) in [6.07, 6.45) is 0. The predicted octanol–water partition coefficient (Wildman–Crippen LogP) is 3.15. The van der Waals surface area contributed by atoms with Crippen LogP contribution in [0.5, 0.6) is 17.2 Å². The number of aromatic hydroxyl groups is 2. The van der Waals surface area contributed by atoms with E-state index in [2.05, 4.69) is 5.32 Å². The molecule has 0 aliphatic heterocycles. The Balaban J connectivity index is 2.29. The van der Waals surface area contributed by atoms with E-state index in [9.17, 15) is 10.2 Å². The number of nitriles is 1. The van der Waals surface area contributed by atoms with Gasteiger partial charge in [-0.15, -0.1) is 0 Å². The van der Waals surface area contributed by atoms with Crippen LogP contribution in [0, 0.1) is 11.3 Å². The average Bonchev–Trinajstić information content (AvgIpc) is 2.49. The lowest BCUT2D eigenvalue weighted by Gasteiger charge is -2.19. The largest absolute Gasteiger partial charge is 0.508 e. The molecule has 0 aliphatic rings. The molecule has 0 saturated heterocycles. The molecule has 5 heteroatoms. The Bertz CT molecular complexity index is 692. The lowest BCUT2D eigenvalue weighted by molar-refractivity contribution is 0.415. The molecule has 0 saturated carbocycles. The van der Waals surface area contributed by atoms with Crippen molar-refractivity contribution in [1.82, 2.24) is 0 Å². The summed E-state index contributed by atoms with van der Waals surface area (Å²) in [7, 11) is 1.53. The number of nitrogens with zero attached hydrogens (tertiary/aromatic N) is 1. The monoisotopic (exact) mass is 284 g/mol. The minimum absolute atomic E-state index is 0.0863. The van der Waals surface area contributed by atoms with Crippen LogP contribution in [0.2, 0.25) is 0 Å². The van der Waals surface area contributed by atoms with Gasteiger partial charge in [0.15, 0.2) is 0 Å². The molecule has 0 aliphatic carbocycles. The van der Waals surface area contributed by atoms with Gasteiger partial charge in [-0.25, -0.2) is 0 Å². The minimum Gasteiger partial charge on any atom is -0.508 e. The van der Waals surface area contributed by atoms with Gasteiger partial charge in [0.05, 0.1) is 30.5 Å². The van der Waals surface area contributed by atoms with E-state index in [1.807, 2.05) is 13.0 Å². The molecule has 1 unspecified atom stereocenters. The molecule has 5 nitrogen and oxygen atoms in total. The van der Waals surface area contributed by atoms with Crippen molar-refractivity contribution in [2.45, 2.75) is 13.0 Å². The van der Waals surface area contributed by atoms with Crippen molar-refractivity contribution in [3.8, 4) is 23.3 Å². The van der Waals surface area contributed by atoms with Gasteiger partial charge in [0.25, 0.3) is 0 Å². The van der Waals surface area contributed by atoms with Crippen LogP contribution < -0.4 is 10.1 Å². The molecule has 0 amide bonds. The van der Waals surface area contributed by atoms with Gasteiger partial charge < -0.3 is 20.3 Å². The highest BCUT2D eigenvalue weighted by molar-refractivity contribution is 5.61. The fraction of sp³-hybridized carbons (Fsp3) is 0.188. The third-order valence-electron chi connectivity index (χ3n) is 3.18. The van der Waals surface area contributed by atoms with E-state index in [1.165, 1.54) is 25.3 Å². The number of hydrogen-bond acceptors (Lipinski definition) is 5. The first-order valence-corrected chi connectivity index (χ1v) is 6.41. The second-order valence-electron chi connectivity index (χ2n) is 4.64. The lowest BCUT2D eigenvalue weighted by Crippen LogP contribution is -2.08. The first-order valence-electron chi connectivity index (χ1n) is 6.41. The van der Waals surface area contributed by atoms with Crippen molar-refractivity contribution in [2.75, 3.05) is 12.4 Å². The maximum atomic E-state index is 9.87. The summed E-state index contributed by atoms with van der Waals surface area (Å²) in [5, 5.41) is 31.5. The topological polar surface area (TPSA) is 85.5 Å². The van der Waals surface area contributed by atoms with Crippen LogP contribution in [0.25, 0.3) is 0 Å². The van der Waals surface area contributed by atoms with E-state index in [4.69, 9.17) is 10.00 Å². The third-order valence-corrected chi connectivity index (χ3v) is 3.18. The predicted molar refractivity (Wildman–Crippen MR) is 79.5 cm³/mol. The van der Waals surface area contributed by atoms with Gasteiger partial charge in [0, 0.05) is 11.6 Å². The molecule has 0 radical (unpaired) electrons. The first-order chi connectivity index (χ1) is 10.0. The Morgan fingerprint density at radius 1 is 1.19 bits per heavy atom. The highest BCUT2D eigenvalue weighted by Gasteiger charge is 2.13. The van der Waals surface area contributed by atoms with Gasteiger partial charge in [-0.1, -0.05) is 0 Å². The molecule has 0 spiro atoms.